The fourth-order valence-electron chi connectivity index (χ4n) is 3.00. The standard InChI is InChI=1S/C23H14Cl3NO4/c24-14-3-1-13(2-4-14)20-11-31-21-10-18(5-6-19(21)23(20)29)30-12-22(28)27-17-8-15(25)7-16(26)9-17/h1-11H,12H2,(H,27,28). The average molecular weight is 475 g/mol. The molecule has 1 amide bonds. The lowest BCUT2D eigenvalue weighted by Crippen LogP contribution is -2.20. The Morgan fingerprint density at radius 3 is 2.32 bits per heavy atom. The van der Waals surface area contributed by atoms with E-state index in [-0.39, 0.29) is 12.0 Å². The molecule has 0 aliphatic heterocycles. The van der Waals surface area contributed by atoms with Gasteiger partial charge in [0.1, 0.15) is 17.6 Å². The van der Waals surface area contributed by atoms with Crippen LogP contribution in [0.2, 0.25) is 15.1 Å². The minimum absolute atomic E-state index is 0.175. The first kappa shape index (κ1) is 21.2. The summed E-state index contributed by atoms with van der Waals surface area (Å²) in [5.41, 5.74) is 1.77. The molecule has 1 heterocycles. The van der Waals surface area contributed by atoms with Crippen LogP contribution in [-0.4, -0.2) is 12.5 Å². The number of anilines is 1. The van der Waals surface area contributed by atoms with Gasteiger partial charge in [0.2, 0.25) is 0 Å². The normalized spacial score (nSPS) is 10.8. The summed E-state index contributed by atoms with van der Waals surface area (Å²) in [7, 11) is 0. The molecule has 0 unspecified atom stereocenters. The van der Waals surface area contributed by atoms with E-state index in [4.69, 9.17) is 44.0 Å². The van der Waals surface area contributed by atoms with Crippen molar-refractivity contribution in [1.29, 1.82) is 0 Å². The Labute approximate surface area is 192 Å². The minimum atomic E-state index is -0.391. The molecule has 3 aromatic carbocycles. The van der Waals surface area contributed by atoms with Gasteiger partial charge in [-0.1, -0.05) is 46.9 Å². The number of nitrogens with one attached hydrogen (secondary N) is 1. The predicted octanol–water partition coefficient (Wildman–Crippen LogP) is 6.44. The highest BCUT2D eigenvalue weighted by Crippen LogP contribution is 2.25. The van der Waals surface area contributed by atoms with Crippen molar-refractivity contribution < 1.29 is 13.9 Å². The van der Waals surface area contributed by atoms with Gasteiger partial charge in [0.15, 0.2) is 12.0 Å². The summed E-state index contributed by atoms with van der Waals surface area (Å²) in [5.74, 6) is -0.00728. The summed E-state index contributed by atoms with van der Waals surface area (Å²) in [6.45, 7) is -0.247. The summed E-state index contributed by atoms with van der Waals surface area (Å²) in [6, 6.07) is 16.4. The van der Waals surface area contributed by atoms with E-state index in [9.17, 15) is 9.59 Å². The molecule has 0 saturated heterocycles. The Morgan fingerprint density at radius 1 is 0.903 bits per heavy atom. The number of hydrogen-bond donors (Lipinski definition) is 1. The van der Waals surface area contributed by atoms with Crippen molar-refractivity contribution in [3.63, 3.8) is 0 Å². The van der Waals surface area contributed by atoms with E-state index in [1.807, 2.05) is 0 Å². The van der Waals surface area contributed by atoms with Gasteiger partial charge in [0.05, 0.1) is 10.9 Å². The molecule has 8 heteroatoms. The molecule has 5 nitrogen and oxygen atoms in total. The first-order valence-corrected chi connectivity index (χ1v) is 10.2. The maximum absolute atomic E-state index is 12.8. The zero-order valence-electron chi connectivity index (χ0n) is 15.8. The molecule has 0 atom stereocenters. The number of carbonyl (C=O) groups is 1. The van der Waals surface area contributed by atoms with Crippen molar-refractivity contribution in [3.8, 4) is 16.9 Å². The van der Waals surface area contributed by atoms with Gasteiger partial charge in [-0.15, -0.1) is 0 Å². The van der Waals surface area contributed by atoms with Crippen LogP contribution in [0.3, 0.4) is 0 Å². The highest BCUT2D eigenvalue weighted by atomic mass is 35.5. The van der Waals surface area contributed by atoms with Gasteiger partial charge in [-0.25, -0.2) is 0 Å². The summed E-state index contributed by atoms with van der Waals surface area (Å²) in [6.07, 6.45) is 1.40. The smallest absolute Gasteiger partial charge is 0.262 e. The summed E-state index contributed by atoms with van der Waals surface area (Å²) < 4.78 is 11.2. The molecule has 0 spiro atoms. The molecule has 0 saturated carbocycles. The van der Waals surface area contributed by atoms with Gasteiger partial charge in [-0.05, 0) is 48.0 Å². The number of halogens is 3. The number of rotatable bonds is 5. The zero-order valence-corrected chi connectivity index (χ0v) is 18.1. The van der Waals surface area contributed by atoms with Crippen LogP contribution < -0.4 is 15.5 Å². The third-order valence-electron chi connectivity index (χ3n) is 4.42. The third kappa shape index (κ3) is 5.02. The Kier molecular flexibility index (Phi) is 6.18. The van der Waals surface area contributed by atoms with Crippen LogP contribution in [0.5, 0.6) is 5.75 Å². The number of hydrogen-bond acceptors (Lipinski definition) is 4. The maximum Gasteiger partial charge on any atom is 0.262 e. The zero-order chi connectivity index (χ0) is 22.0. The molecule has 1 aromatic heterocycles. The van der Waals surface area contributed by atoms with E-state index in [2.05, 4.69) is 5.32 Å². The van der Waals surface area contributed by atoms with Gasteiger partial charge < -0.3 is 14.5 Å². The molecule has 0 radical (unpaired) electrons. The summed E-state index contributed by atoms with van der Waals surface area (Å²) in [5, 5.41) is 4.45. The first-order valence-electron chi connectivity index (χ1n) is 9.09. The van der Waals surface area contributed by atoms with Crippen LogP contribution in [0.1, 0.15) is 0 Å². The quantitative estimate of drug-likeness (QED) is 0.361. The Morgan fingerprint density at radius 2 is 1.61 bits per heavy atom. The molecule has 0 aliphatic carbocycles. The van der Waals surface area contributed by atoms with Gasteiger partial charge in [0, 0.05) is 26.8 Å². The van der Waals surface area contributed by atoms with Crippen LogP contribution in [0.25, 0.3) is 22.1 Å². The molecular weight excluding hydrogens is 461 g/mol. The van der Waals surface area contributed by atoms with E-state index < -0.39 is 5.91 Å². The van der Waals surface area contributed by atoms with Crippen molar-refractivity contribution in [3.05, 3.63) is 92.2 Å². The lowest BCUT2D eigenvalue weighted by Gasteiger charge is -2.09. The molecule has 0 aliphatic rings. The molecule has 4 rings (SSSR count). The molecule has 0 fully saturated rings. The number of ether oxygens (including phenoxy) is 1. The predicted molar refractivity (Wildman–Crippen MR) is 124 cm³/mol. The Bertz CT molecular complexity index is 1310. The van der Waals surface area contributed by atoms with Crippen LogP contribution in [0.15, 0.2) is 76.1 Å². The van der Waals surface area contributed by atoms with Gasteiger partial charge >= 0.3 is 0 Å². The third-order valence-corrected chi connectivity index (χ3v) is 5.11. The van der Waals surface area contributed by atoms with Gasteiger partial charge in [-0.2, -0.15) is 0 Å². The van der Waals surface area contributed by atoms with Gasteiger partial charge in [-0.3, -0.25) is 9.59 Å². The van der Waals surface area contributed by atoms with E-state index in [0.29, 0.717) is 48.6 Å². The molecular formula is C23H14Cl3NO4. The van der Waals surface area contributed by atoms with Crippen LogP contribution in [0.4, 0.5) is 5.69 Å². The van der Waals surface area contributed by atoms with E-state index in [1.54, 1.807) is 60.7 Å². The monoisotopic (exact) mass is 473 g/mol. The fourth-order valence-corrected chi connectivity index (χ4v) is 3.65. The molecule has 31 heavy (non-hydrogen) atoms. The summed E-state index contributed by atoms with van der Waals surface area (Å²) >= 11 is 17.8. The van der Waals surface area contributed by atoms with Crippen molar-refractivity contribution in [2.75, 3.05) is 11.9 Å². The largest absolute Gasteiger partial charge is 0.484 e. The SMILES string of the molecule is O=C(COc1ccc2c(=O)c(-c3ccc(Cl)cc3)coc2c1)Nc1cc(Cl)cc(Cl)c1. The van der Waals surface area contributed by atoms with Crippen molar-refractivity contribution in [2.45, 2.75) is 0 Å². The lowest BCUT2D eigenvalue weighted by molar-refractivity contribution is -0.118. The van der Waals surface area contributed by atoms with Gasteiger partial charge in [0.25, 0.3) is 5.91 Å². The van der Waals surface area contributed by atoms with Crippen molar-refractivity contribution >= 4 is 57.4 Å². The maximum atomic E-state index is 12.8. The average Bonchev–Trinajstić information content (AvgIpc) is 2.72. The number of fused-ring (bicyclic) bond motifs is 1. The highest BCUT2D eigenvalue weighted by Gasteiger charge is 2.11. The van der Waals surface area contributed by atoms with Crippen LogP contribution >= 0.6 is 34.8 Å². The molecule has 1 N–H and O–H groups in total. The van der Waals surface area contributed by atoms with Crippen molar-refractivity contribution in [2.24, 2.45) is 0 Å². The Hall–Kier alpha value is -2.99. The Balaban J connectivity index is 1.49. The molecule has 156 valence electrons. The van der Waals surface area contributed by atoms with Crippen LogP contribution in [-0.2, 0) is 4.79 Å². The number of benzene rings is 3. The highest BCUT2D eigenvalue weighted by molar-refractivity contribution is 6.35. The van der Waals surface area contributed by atoms with E-state index in [1.165, 1.54) is 6.26 Å². The molecule has 4 aromatic rings. The number of carbonyl (C=O) groups excluding carboxylic acids is 1. The van der Waals surface area contributed by atoms with E-state index in [0.717, 1.165) is 0 Å². The number of amides is 1. The van der Waals surface area contributed by atoms with Crippen molar-refractivity contribution in [1.82, 2.24) is 0 Å². The van der Waals surface area contributed by atoms with E-state index >= 15 is 0 Å². The molecule has 0 bridgehead atoms. The summed E-state index contributed by atoms with van der Waals surface area (Å²) in [4.78, 5) is 25.0. The topological polar surface area (TPSA) is 68.5 Å². The first-order chi connectivity index (χ1) is 14.9. The second-order valence-corrected chi connectivity index (χ2v) is 7.95. The second-order valence-electron chi connectivity index (χ2n) is 6.64. The second kappa shape index (κ2) is 9.02. The fraction of sp³-hybridized carbons (Fsp3) is 0.0435. The minimum Gasteiger partial charge on any atom is -0.484 e. The van der Waals surface area contributed by atoms with Crippen LogP contribution in [0, 0.1) is 0 Å². The lowest BCUT2D eigenvalue weighted by atomic mass is 10.1.